The first-order valence-corrected chi connectivity index (χ1v) is 6.82. The standard InChI is InChI=1S/C10H16N2O3S.H2O2/c13-8(14)4-2-1-3-7-9-6(5-16-7)11-10(15)12-9;1-2/h6-7,9H,1-5H2,(H,13,14)(H2,11,12,15);1-2H/t6-,7-,9-;/m1./s1. The Bertz CT molecular complexity index is 302. The fourth-order valence-electron chi connectivity index (χ4n) is 2.26. The van der Waals surface area contributed by atoms with Gasteiger partial charge in [0.1, 0.15) is 0 Å². The predicted octanol–water partition coefficient (Wildman–Crippen LogP) is 0.814. The number of fused-ring (bicyclic) bond motifs is 1. The van der Waals surface area contributed by atoms with E-state index in [0.29, 0.717) is 5.25 Å². The van der Waals surface area contributed by atoms with E-state index >= 15 is 0 Å². The number of hydrogen-bond donors (Lipinski definition) is 5. The first-order valence-electron chi connectivity index (χ1n) is 5.77. The van der Waals surface area contributed by atoms with E-state index in [-0.39, 0.29) is 24.5 Å². The molecular weight excluding hydrogens is 260 g/mol. The van der Waals surface area contributed by atoms with Crippen molar-refractivity contribution in [3.8, 4) is 0 Å². The highest BCUT2D eigenvalue weighted by molar-refractivity contribution is 8.00. The third-order valence-electron chi connectivity index (χ3n) is 3.07. The maximum Gasteiger partial charge on any atom is 0.315 e. The Labute approximate surface area is 109 Å². The van der Waals surface area contributed by atoms with Gasteiger partial charge in [0, 0.05) is 17.4 Å². The molecule has 18 heavy (non-hydrogen) atoms. The van der Waals surface area contributed by atoms with Gasteiger partial charge in [-0.2, -0.15) is 11.8 Å². The molecule has 0 aromatic rings. The SMILES string of the molecule is O=C(O)CCCC[C@H]1SC[C@H]2NC(=O)N[C@H]21.OO. The number of carboxylic acids is 1. The van der Waals surface area contributed by atoms with Gasteiger partial charge in [-0.15, -0.1) is 0 Å². The Balaban J connectivity index is 0.000000771. The molecule has 3 atom stereocenters. The lowest BCUT2D eigenvalue weighted by molar-refractivity contribution is -0.176. The molecule has 0 spiro atoms. The minimum absolute atomic E-state index is 0.0640. The topological polar surface area (TPSA) is 119 Å². The molecule has 5 N–H and O–H groups in total. The molecule has 2 heterocycles. The van der Waals surface area contributed by atoms with Crippen molar-refractivity contribution < 1.29 is 25.2 Å². The second kappa shape index (κ2) is 7.45. The summed E-state index contributed by atoms with van der Waals surface area (Å²) in [6.45, 7) is 0. The van der Waals surface area contributed by atoms with Crippen LogP contribution in [0.3, 0.4) is 0 Å². The summed E-state index contributed by atoms with van der Waals surface area (Å²) in [5, 5.41) is 26.8. The number of amides is 2. The van der Waals surface area contributed by atoms with Crippen LogP contribution in [0.1, 0.15) is 25.7 Å². The number of hydrogen-bond acceptors (Lipinski definition) is 5. The molecule has 0 radical (unpaired) electrons. The van der Waals surface area contributed by atoms with Gasteiger partial charge in [-0.25, -0.2) is 4.79 Å². The highest BCUT2D eigenvalue weighted by Gasteiger charge is 2.42. The summed E-state index contributed by atoms with van der Waals surface area (Å²) < 4.78 is 0. The second-order valence-corrected chi connectivity index (χ2v) is 5.53. The summed E-state index contributed by atoms with van der Waals surface area (Å²) in [5.74, 6) is 0.236. The second-order valence-electron chi connectivity index (χ2n) is 4.26. The first kappa shape index (κ1) is 15.1. The van der Waals surface area contributed by atoms with Gasteiger partial charge in [0.25, 0.3) is 0 Å². The molecule has 0 unspecified atom stereocenters. The van der Waals surface area contributed by atoms with Crippen molar-refractivity contribution in [1.29, 1.82) is 0 Å². The molecule has 104 valence electrons. The van der Waals surface area contributed by atoms with Crippen LogP contribution in [0, 0.1) is 0 Å². The van der Waals surface area contributed by atoms with Gasteiger partial charge in [0.05, 0.1) is 12.1 Å². The molecule has 7 nitrogen and oxygen atoms in total. The van der Waals surface area contributed by atoms with Crippen LogP contribution in [-0.2, 0) is 4.79 Å². The molecule has 2 amide bonds. The van der Waals surface area contributed by atoms with Crippen molar-refractivity contribution >= 4 is 23.8 Å². The Morgan fingerprint density at radius 2 is 2.06 bits per heavy atom. The van der Waals surface area contributed by atoms with Gasteiger partial charge in [-0.3, -0.25) is 15.3 Å². The van der Waals surface area contributed by atoms with Crippen LogP contribution in [-0.4, -0.2) is 50.7 Å². The van der Waals surface area contributed by atoms with Gasteiger partial charge in [0.15, 0.2) is 0 Å². The normalized spacial score (nSPS) is 28.8. The predicted molar refractivity (Wildman–Crippen MR) is 66.9 cm³/mol. The largest absolute Gasteiger partial charge is 0.481 e. The molecule has 0 aromatic carbocycles. The minimum atomic E-state index is -0.729. The van der Waals surface area contributed by atoms with Gasteiger partial charge in [-0.05, 0) is 12.8 Å². The Kier molecular flexibility index (Phi) is 6.23. The van der Waals surface area contributed by atoms with E-state index in [1.807, 2.05) is 11.8 Å². The van der Waals surface area contributed by atoms with Crippen molar-refractivity contribution in [1.82, 2.24) is 10.6 Å². The maximum absolute atomic E-state index is 11.1. The molecule has 8 heteroatoms. The maximum atomic E-state index is 11.1. The molecule has 0 aromatic heterocycles. The molecule has 2 fully saturated rings. The molecule has 2 aliphatic rings. The van der Waals surface area contributed by atoms with Crippen LogP contribution in [0.4, 0.5) is 4.79 Å². The van der Waals surface area contributed by atoms with Crippen LogP contribution in [0.2, 0.25) is 0 Å². The Hall–Kier alpha value is -0.990. The van der Waals surface area contributed by atoms with Gasteiger partial charge >= 0.3 is 12.0 Å². The van der Waals surface area contributed by atoms with Gasteiger partial charge < -0.3 is 15.7 Å². The lowest BCUT2D eigenvalue weighted by Gasteiger charge is -2.16. The van der Waals surface area contributed by atoms with Crippen LogP contribution in [0.15, 0.2) is 0 Å². The average Bonchev–Trinajstić information content (AvgIpc) is 2.87. The third-order valence-corrected chi connectivity index (χ3v) is 4.58. The number of unbranched alkanes of at least 4 members (excludes halogenated alkanes) is 1. The number of thioether (sulfide) groups is 1. The number of rotatable bonds is 5. The lowest BCUT2D eigenvalue weighted by Crippen LogP contribution is -2.36. The highest BCUT2D eigenvalue weighted by Crippen LogP contribution is 2.33. The molecule has 0 saturated carbocycles. The fourth-order valence-corrected chi connectivity index (χ4v) is 3.81. The smallest absolute Gasteiger partial charge is 0.315 e. The van der Waals surface area contributed by atoms with E-state index in [1.165, 1.54) is 0 Å². The number of carbonyl (C=O) groups is 2. The zero-order valence-corrected chi connectivity index (χ0v) is 10.7. The molecule has 0 aliphatic carbocycles. The Morgan fingerprint density at radius 1 is 1.33 bits per heavy atom. The highest BCUT2D eigenvalue weighted by atomic mass is 32.2. The van der Waals surface area contributed by atoms with Crippen LogP contribution in [0.5, 0.6) is 0 Å². The number of urea groups is 1. The first-order chi connectivity index (χ1) is 8.66. The third kappa shape index (κ3) is 4.04. The summed E-state index contributed by atoms with van der Waals surface area (Å²) in [4.78, 5) is 21.5. The molecule has 2 saturated heterocycles. The quantitative estimate of drug-likeness (QED) is 0.220. The van der Waals surface area contributed by atoms with Gasteiger partial charge in [-0.1, -0.05) is 6.42 Å². The van der Waals surface area contributed by atoms with Crippen molar-refractivity contribution in [3.63, 3.8) is 0 Å². The van der Waals surface area contributed by atoms with Crippen molar-refractivity contribution in [2.45, 2.75) is 43.0 Å². The van der Waals surface area contributed by atoms with E-state index in [4.69, 9.17) is 15.6 Å². The fraction of sp³-hybridized carbons (Fsp3) is 0.800. The number of aliphatic carboxylic acids is 1. The summed E-state index contributed by atoms with van der Waals surface area (Å²) in [6, 6.07) is 0.440. The van der Waals surface area contributed by atoms with E-state index in [0.717, 1.165) is 25.0 Å². The van der Waals surface area contributed by atoms with Gasteiger partial charge in [0.2, 0.25) is 0 Å². The summed E-state index contributed by atoms with van der Waals surface area (Å²) in [6.07, 6.45) is 2.88. The monoisotopic (exact) mass is 278 g/mol. The average molecular weight is 278 g/mol. The molecule has 2 rings (SSSR count). The van der Waals surface area contributed by atoms with Crippen molar-refractivity contribution in [3.05, 3.63) is 0 Å². The molecular formula is C10H18N2O5S. The number of nitrogens with one attached hydrogen (secondary N) is 2. The van der Waals surface area contributed by atoms with E-state index < -0.39 is 5.97 Å². The number of carbonyl (C=O) groups excluding carboxylic acids is 1. The van der Waals surface area contributed by atoms with Crippen LogP contribution < -0.4 is 10.6 Å². The van der Waals surface area contributed by atoms with Crippen molar-refractivity contribution in [2.24, 2.45) is 0 Å². The zero-order valence-electron chi connectivity index (χ0n) is 9.83. The summed E-state index contributed by atoms with van der Waals surface area (Å²) in [5.41, 5.74) is 0. The summed E-state index contributed by atoms with van der Waals surface area (Å²) in [7, 11) is 0. The van der Waals surface area contributed by atoms with Crippen molar-refractivity contribution in [2.75, 3.05) is 5.75 Å². The lowest BCUT2D eigenvalue weighted by atomic mass is 10.0. The zero-order chi connectivity index (χ0) is 13.5. The molecule has 2 aliphatic heterocycles. The van der Waals surface area contributed by atoms with E-state index in [9.17, 15) is 9.59 Å². The van der Waals surface area contributed by atoms with E-state index in [2.05, 4.69) is 10.6 Å². The minimum Gasteiger partial charge on any atom is -0.481 e. The van der Waals surface area contributed by atoms with Crippen LogP contribution in [0.25, 0.3) is 0 Å². The van der Waals surface area contributed by atoms with E-state index in [1.54, 1.807) is 0 Å². The summed E-state index contributed by atoms with van der Waals surface area (Å²) >= 11 is 1.87. The van der Waals surface area contributed by atoms with Crippen LogP contribution >= 0.6 is 11.8 Å². The Morgan fingerprint density at radius 3 is 2.72 bits per heavy atom. The molecule has 0 bridgehead atoms. The number of carboxylic acid groups (broad SMARTS) is 1.